The Labute approximate surface area is 52.7 Å². The Balaban J connectivity index is 2.55. The van der Waals surface area contributed by atoms with Gasteiger partial charge in [0.25, 0.3) is 0 Å². The van der Waals surface area contributed by atoms with Crippen LogP contribution in [0.15, 0.2) is 23.6 Å². The van der Waals surface area contributed by atoms with Crippen molar-refractivity contribution in [1.29, 1.82) is 5.26 Å². The third kappa shape index (κ3) is 1.14. The summed E-state index contributed by atoms with van der Waals surface area (Å²) in [5.41, 5.74) is 0. The van der Waals surface area contributed by atoms with Crippen molar-refractivity contribution in [1.82, 2.24) is 0 Å². The molecule has 0 spiro atoms. The van der Waals surface area contributed by atoms with E-state index in [1.165, 1.54) is 11.8 Å². The van der Waals surface area contributed by atoms with E-state index >= 15 is 0 Å². The molecule has 1 rings (SSSR count). The van der Waals surface area contributed by atoms with Gasteiger partial charge in [0.1, 0.15) is 5.25 Å². The normalized spacial score (nSPS) is 25.1. The third-order valence-electron chi connectivity index (χ3n) is 0.828. The van der Waals surface area contributed by atoms with Crippen molar-refractivity contribution in [2.45, 2.75) is 5.25 Å². The van der Waals surface area contributed by atoms with Crippen LogP contribution in [0.4, 0.5) is 0 Å². The molecule has 1 nitrogen and oxygen atoms in total. The van der Waals surface area contributed by atoms with E-state index in [0.717, 1.165) is 0 Å². The van der Waals surface area contributed by atoms with Crippen LogP contribution in [-0.4, -0.2) is 5.25 Å². The highest BCUT2D eigenvalue weighted by Gasteiger charge is 2.00. The fourth-order valence-corrected chi connectivity index (χ4v) is 1.05. The Morgan fingerprint density at radius 3 is 2.75 bits per heavy atom. The molecular weight excluding hydrogens is 118 g/mol. The van der Waals surface area contributed by atoms with Crippen molar-refractivity contribution in [2.75, 3.05) is 0 Å². The predicted octanol–water partition coefficient (Wildman–Crippen LogP) is 1.70. The molecule has 0 bridgehead atoms. The van der Waals surface area contributed by atoms with Gasteiger partial charge in [0.05, 0.1) is 6.07 Å². The number of thioether (sulfide) groups is 1. The summed E-state index contributed by atoms with van der Waals surface area (Å²) in [6.45, 7) is 0. The first-order chi connectivity index (χ1) is 3.93. The highest BCUT2D eigenvalue weighted by molar-refractivity contribution is 8.03. The van der Waals surface area contributed by atoms with Gasteiger partial charge in [-0.25, -0.2) is 0 Å². The van der Waals surface area contributed by atoms with Crippen molar-refractivity contribution >= 4 is 11.8 Å². The molecule has 0 radical (unpaired) electrons. The molecule has 1 unspecified atom stereocenters. The maximum atomic E-state index is 8.34. The van der Waals surface area contributed by atoms with Crippen molar-refractivity contribution < 1.29 is 0 Å². The first kappa shape index (κ1) is 5.46. The van der Waals surface area contributed by atoms with Gasteiger partial charge in [-0.3, -0.25) is 0 Å². The van der Waals surface area contributed by atoms with Crippen LogP contribution in [0.5, 0.6) is 0 Å². The summed E-state index contributed by atoms with van der Waals surface area (Å²) in [6.07, 6.45) is 5.70. The van der Waals surface area contributed by atoms with Crippen LogP contribution in [-0.2, 0) is 0 Å². The van der Waals surface area contributed by atoms with Crippen LogP contribution in [0.1, 0.15) is 0 Å². The van der Waals surface area contributed by atoms with E-state index < -0.39 is 0 Å². The molecule has 1 heterocycles. The van der Waals surface area contributed by atoms with E-state index in [0.29, 0.717) is 0 Å². The first-order valence-electron chi connectivity index (χ1n) is 2.32. The minimum absolute atomic E-state index is 0.0417. The average molecular weight is 123 g/mol. The molecule has 1 atom stereocenters. The molecule has 0 saturated heterocycles. The van der Waals surface area contributed by atoms with Crippen molar-refractivity contribution in [3.05, 3.63) is 23.6 Å². The Morgan fingerprint density at radius 2 is 2.38 bits per heavy atom. The summed E-state index contributed by atoms with van der Waals surface area (Å²) in [5, 5.41) is 10.3. The third-order valence-corrected chi connectivity index (χ3v) is 1.70. The van der Waals surface area contributed by atoms with Gasteiger partial charge in [0, 0.05) is 0 Å². The zero-order valence-electron chi connectivity index (χ0n) is 4.24. The van der Waals surface area contributed by atoms with Crippen molar-refractivity contribution in [3.8, 4) is 6.07 Å². The molecule has 0 aromatic carbocycles. The van der Waals surface area contributed by atoms with Crippen LogP contribution in [0.25, 0.3) is 0 Å². The highest BCUT2D eigenvalue weighted by Crippen LogP contribution is 2.16. The summed E-state index contributed by atoms with van der Waals surface area (Å²) in [6, 6.07) is 2.13. The number of nitriles is 1. The van der Waals surface area contributed by atoms with E-state index in [9.17, 15) is 0 Å². The Bertz CT molecular complexity index is 164. The van der Waals surface area contributed by atoms with Gasteiger partial charge in [-0.15, -0.1) is 11.8 Å². The molecule has 1 aliphatic rings. The smallest absolute Gasteiger partial charge is 0.114 e. The summed E-state index contributed by atoms with van der Waals surface area (Å²) in [5.74, 6) is 0. The van der Waals surface area contributed by atoms with E-state index in [1.54, 1.807) is 0 Å². The summed E-state index contributed by atoms with van der Waals surface area (Å²) in [4.78, 5) is 0. The second-order valence-corrected chi connectivity index (χ2v) is 2.45. The van der Waals surface area contributed by atoms with Crippen LogP contribution < -0.4 is 0 Å². The molecule has 0 aliphatic carbocycles. The van der Waals surface area contributed by atoms with Gasteiger partial charge in [-0.1, -0.05) is 18.2 Å². The molecule has 8 heavy (non-hydrogen) atoms. The number of rotatable bonds is 0. The quantitative estimate of drug-likeness (QED) is 0.489. The Morgan fingerprint density at radius 1 is 1.50 bits per heavy atom. The van der Waals surface area contributed by atoms with Gasteiger partial charge in [-0.2, -0.15) is 5.26 Å². The molecule has 0 fully saturated rings. The minimum atomic E-state index is 0.0417. The van der Waals surface area contributed by atoms with Gasteiger partial charge < -0.3 is 0 Å². The number of allylic oxidation sites excluding steroid dienone is 2. The zero-order chi connectivity index (χ0) is 5.82. The first-order valence-corrected chi connectivity index (χ1v) is 3.26. The van der Waals surface area contributed by atoms with Gasteiger partial charge in [-0.05, 0) is 5.41 Å². The highest BCUT2D eigenvalue weighted by atomic mass is 32.2. The zero-order valence-corrected chi connectivity index (χ0v) is 5.06. The molecule has 0 N–H and O–H groups in total. The van der Waals surface area contributed by atoms with Crippen LogP contribution in [0.2, 0.25) is 0 Å². The lowest BCUT2D eigenvalue weighted by Crippen LogP contribution is -1.91. The van der Waals surface area contributed by atoms with Gasteiger partial charge in [0.15, 0.2) is 0 Å². The molecule has 1 aliphatic heterocycles. The summed E-state index contributed by atoms with van der Waals surface area (Å²) >= 11 is 1.53. The molecular formula is C6H5NS. The van der Waals surface area contributed by atoms with Crippen molar-refractivity contribution in [3.63, 3.8) is 0 Å². The fourth-order valence-electron chi connectivity index (χ4n) is 0.459. The lowest BCUT2D eigenvalue weighted by atomic mass is 10.4. The number of hydrogen-bond acceptors (Lipinski definition) is 2. The Hall–Kier alpha value is -0.680. The van der Waals surface area contributed by atoms with Crippen LogP contribution >= 0.6 is 11.8 Å². The van der Waals surface area contributed by atoms with Gasteiger partial charge >= 0.3 is 0 Å². The Kier molecular flexibility index (Phi) is 1.76. The lowest BCUT2D eigenvalue weighted by molar-refractivity contribution is 1.37. The van der Waals surface area contributed by atoms with Crippen molar-refractivity contribution in [2.24, 2.45) is 0 Å². The standard InChI is InChI=1S/C6H5NS/c7-5-6-3-1-2-4-8-6/h1-4,6H. The SMILES string of the molecule is N#CC1C=CC=CS1. The van der Waals surface area contributed by atoms with E-state index in [2.05, 4.69) is 6.07 Å². The fraction of sp³-hybridized carbons (Fsp3) is 0.167. The average Bonchev–Trinajstić information content (AvgIpc) is 1.90. The molecule has 0 aromatic rings. The van der Waals surface area contributed by atoms with Crippen LogP contribution in [0.3, 0.4) is 0 Å². The van der Waals surface area contributed by atoms with E-state index in [4.69, 9.17) is 5.26 Å². The number of nitrogens with zero attached hydrogens (tertiary/aromatic N) is 1. The maximum Gasteiger partial charge on any atom is 0.114 e. The molecule has 2 heteroatoms. The van der Waals surface area contributed by atoms with E-state index in [-0.39, 0.29) is 5.25 Å². The molecule has 0 amide bonds. The largest absolute Gasteiger partial charge is 0.197 e. The summed E-state index contributed by atoms with van der Waals surface area (Å²) in [7, 11) is 0. The summed E-state index contributed by atoms with van der Waals surface area (Å²) < 4.78 is 0. The van der Waals surface area contributed by atoms with Gasteiger partial charge in [0.2, 0.25) is 0 Å². The maximum absolute atomic E-state index is 8.34. The minimum Gasteiger partial charge on any atom is -0.197 e. The number of hydrogen-bond donors (Lipinski definition) is 0. The predicted molar refractivity (Wildman–Crippen MR) is 35.3 cm³/mol. The monoisotopic (exact) mass is 123 g/mol. The second kappa shape index (κ2) is 2.58. The topological polar surface area (TPSA) is 23.8 Å². The lowest BCUT2D eigenvalue weighted by Gasteiger charge is -1.99. The molecule has 0 saturated carbocycles. The van der Waals surface area contributed by atoms with E-state index in [1.807, 2.05) is 23.6 Å². The molecule has 40 valence electrons. The second-order valence-electron chi connectivity index (χ2n) is 1.40. The molecule has 0 aromatic heterocycles. The van der Waals surface area contributed by atoms with Crippen LogP contribution in [0, 0.1) is 11.3 Å².